The Hall–Kier alpha value is -1.62. The van der Waals surface area contributed by atoms with E-state index >= 15 is 0 Å². The number of hydrogen-bond acceptors (Lipinski definition) is 5. The van der Waals surface area contributed by atoms with Gasteiger partial charge in [0.05, 0.1) is 6.61 Å². The van der Waals surface area contributed by atoms with Gasteiger partial charge >= 0.3 is 5.97 Å². The van der Waals surface area contributed by atoms with Crippen LogP contribution >= 0.6 is 0 Å². The molecule has 0 saturated carbocycles. The molecule has 19 heavy (non-hydrogen) atoms. The molecule has 1 aromatic heterocycles. The summed E-state index contributed by atoms with van der Waals surface area (Å²) in [5.74, 6) is 0.413. The third-order valence-electron chi connectivity index (χ3n) is 3.08. The molecule has 0 N–H and O–H groups in total. The smallest absolute Gasteiger partial charge is 0.341 e. The Morgan fingerprint density at radius 1 is 1.37 bits per heavy atom. The van der Waals surface area contributed by atoms with Gasteiger partial charge in [-0.25, -0.2) is 9.78 Å². The molecular weight excluding hydrogens is 244 g/mol. The number of carbonyl (C=O) groups is 1. The van der Waals surface area contributed by atoms with E-state index in [9.17, 15) is 4.79 Å². The van der Waals surface area contributed by atoms with Gasteiger partial charge in [0.15, 0.2) is 0 Å². The fourth-order valence-electron chi connectivity index (χ4n) is 2.15. The molecule has 1 saturated heterocycles. The Morgan fingerprint density at radius 3 is 2.89 bits per heavy atom. The number of nitrogens with zero attached hydrogens (tertiary/aromatic N) is 2. The number of rotatable bonds is 6. The summed E-state index contributed by atoms with van der Waals surface area (Å²) in [5, 5.41) is 0. The summed E-state index contributed by atoms with van der Waals surface area (Å²) in [7, 11) is 0. The molecule has 1 aromatic rings. The van der Waals surface area contributed by atoms with Crippen LogP contribution in [0.4, 0.5) is 5.82 Å². The highest BCUT2D eigenvalue weighted by molar-refractivity contribution is 5.94. The maximum absolute atomic E-state index is 12.0. The first kappa shape index (κ1) is 13.8. The first-order valence-corrected chi connectivity index (χ1v) is 6.77. The summed E-state index contributed by atoms with van der Waals surface area (Å²) >= 11 is 0. The lowest BCUT2D eigenvalue weighted by atomic mass is 10.2. The molecule has 0 atom stereocenters. The van der Waals surface area contributed by atoms with E-state index in [0.29, 0.717) is 18.8 Å². The van der Waals surface area contributed by atoms with E-state index in [0.717, 1.165) is 31.7 Å². The molecule has 1 aliphatic heterocycles. The number of ether oxygens (including phenoxy) is 2. The molecule has 0 amide bonds. The molecule has 5 nitrogen and oxygen atoms in total. The molecule has 2 heterocycles. The minimum absolute atomic E-state index is 0.279. The van der Waals surface area contributed by atoms with Crippen molar-refractivity contribution < 1.29 is 14.3 Å². The monoisotopic (exact) mass is 264 g/mol. The summed E-state index contributed by atoms with van der Waals surface area (Å²) in [6.45, 7) is 5.16. The first-order chi connectivity index (χ1) is 9.33. The fraction of sp³-hybridized carbons (Fsp3) is 0.571. The highest BCUT2D eigenvalue weighted by Gasteiger charge is 2.21. The van der Waals surface area contributed by atoms with E-state index in [1.807, 2.05) is 6.92 Å². The molecule has 0 spiro atoms. The molecule has 1 aliphatic rings. The molecule has 5 heteroatoms. The predicted molar refractivity (Wildman–Crippen MR) is 72.5 cm³/mol. The minimum Gasteiger partial charge on any atom is -0.460 e. The third-order valence-corrected chi connectivity index (χ3v) is 3.08. The van der Waals surface area contributed by atoms with Gasteiger partial charge in [-0.2, -0.15) is 0 Å². The van der Waals surface area contributed by atoms with Gasteiger partial charge in [0.2, 0.25) is 0 Å². The van der Waals surface area contributed by atoms with Crippen LogP contribution in [0.15, 0.2) is 18.3 Å². The number of anilines is 1. The van der Waals surface area contributed by atoms with Gasteiger partial charge < -0.3 is 14.4 Å². The zero-order valence-corrected chi connectivity index (χ0v) is 11.3. The largest absolute Gasteiger partial charge is 0.460 e. The predicted octanol–water partition coefficient (Wildman–Crippen LogP) is 1.88. The number of hydrogen-bond donors (Lipinski definition) is 0. The van der Waals surface area contributed by atoms with Crippen molar-refractivity contribution in [3.05, 3.63) is 23.9 Å². The van der Waals surface area contributed by atoms with E-state index in [1.54, 1.807) is 18.3 Å². The number of aromatic nitrogens is 1. The summed E-state index contributed by atoms with van der Waals surface area (Å²) in [4.78, 5) is 18.5. The molecular formula is C14H20N2O3. The standard InChI is InChI=1S/C14H20N2O3/c1-2-18-10-11-19-14(17)12-6-5-7-15-13(12)16-8-3-4-9-16/h5-7H,2-4,8-11H2,1H3. The Balaban J connectivity index is 2.00. The quantitative estimate of drug-likeness (QED) is 0.580. The molecule has 0 aliphatic carbocycles. The maximum Gasteiger partial charge on any atom is 0.341 e. The van der Waals surface area contributed by atoms with Crippen molar-refractivity contribution >= 4 is 11.8 Å². The van der Waals surface area contributed by atoms with Crippen LogP contribution in [0.2, 0.25) is 0 Å². The average molecular weight is 264 g/mol. The second kappa shape index (κ2) is 7.09. The van der Waals surface area contributed by atoms with Crippen molar-refractivity contribution in [1.82, 2.24) is 4.98 Å². The maximum atomic E-state index is 12.0. The van der Waals surface area contributed by atoms with Crippen LogP contribution in [0.1, 0.15) is 30.1 Å². The lowest BCUT2D eigenvalue weighted by molar-refractivity contribution is 0.0335. The Kier molecular flexibility index (Phi) is 5.15. The minimum atomic E-state index is -0.324. The first-order valence-electron chi connectivity index (χ1n) is 6.77. The topological polar surface area (TPSA) is 51.7 Å². The molecule has 0 bridgehead atoms. The van der Waals surface area contributed by atoms with Crippen molar-refractivity contribution in [2.75, 3.05) is 37.8 Å². The average Bonchev–Trinajstić information content (AvgIpc) is 2.97. The van der Waals surface area contributed by atoms with E-state index < -0.39 is 0 Å². The molecule has 0 radical (unpaired) electrons. The Bertz CT molecular complexity index is 417. The summed E-state index contributed by atoms with van der Waals surface area (Å²) in [6, 6.07) is 3.53. The second-order valence-electron chi connectivity index (χ2n) is 4.40. The molecule has 2 rings (SSSR count). The van der Waals surface area contributed by atoms with Crippen LogP contribution in [0, 0.1) is 0 Å². The van der Waals surface area contributed by atoms with Crippen LogP contribution in [-0.4, -0.2) is 43.9 Å². The highest BCUT2D eigenvalue weighted by atomic mass is 16.6. The number of esters is 1. The molecule has 0 aromatic carbocycles. The van der Waals surface area contributed by atoms with Gasteiger partial charge in [-0.1, -0.05) is 0 Å². The second-order valence-corrected chi connectivity index (χ2v) is 4.40. The normalized spacial score (nSPS) is 14.7. The van der Waals surface area contributed by atoms with Gasteiger partial charge in [-0.3, -0.25) is 0 Å². The SMILES string of the molecule is CCOCCOC(=O)c1cccnc1N1CCCC1. The summed E-state index contributed by atoms with van der Waals surface area (Å²) < 4.78 is 10.3. The fourth-order valence-corrected chi connectivity index (χ4v) is 2.15. The number of carbonyl (C=O) groups excluding carboxylic acids is 1. The Labute approximate surface area is 113 Å². The van der Waals surface area contributed by atoms with Crippen molar-refractivity contribution in [3.63, 3.8) is 0 Å². The van der Waals surface area contributed by atoms with Crippen LogP contribution < -0.4 is 4.90 Å². The van der Waals surface area contributed by atoms with Crippen LogP contribution in [0.3, 0.4) is 0 Å². The highest BCUT2D eigenvalue weighted by Crippen LogP contribution is 2.22. The van der Waals surface area contributed by atoms with Crippen LogP contribution in [0.5, 0.6) is 0 Å². The lowest BCUT2D eigenvalue weighted by Crippen LogP contribution is -2.23. The van der Waals surface area contributed by atoms with Gasteiger partial charge in [-0.15, -0.1) is 0 Å². The van der Waals surface area contributed by atoms with Crippen molar-refractivity contribution in [2.45, 2.75) is 19.8 Å². The zero-order chi connectivity index (χ0) is 13.5. The summed E-state index contributed by atoms with van der Waals surface area (Å²) in [6.07, 6.45) is 4.01. The van der Waals surface area contributed by atoms with Gasteiger partial charge in [0.1, 0.15) is 18.0 Å². The van der Waals surface area contributed by atoms with E-state index in [2.05, 4.69) is 9.88 Å². The molecule has 0 unspecified atom stereocenters. The van der Waals surface area contributed by atoms with Crippen molar-refractivity contribution in [2.24, 2.45) is 0 Å². The Morgan fingerprint density at radius 2 is 2.16 bits per heavy atom. The van der Waals surface area contributed by atoms with E-state index in [4.69, 9.17) is 9.47 Å². The van der Waals surface area contributed by atoms with Gasteiger partial charge in [0, 0.05) is 25.9 Å². The van der Waals surface area contributed by atoms with Crippen molar-refractivity contribution in [1.29, 1.82) is 0 Å². The van der Waals surface area contributed by atoms with Crippen molar-refractivity contribution in [3.8, 4) is 0 Å². The van der Waals surface area contributed by atoms with E-state index in [-0.39, 0.29) is 12.6 Å². The molecule has 104 valence electrons. The van der Waals surface area contributed by atoms with Crippen LogP contribution in [0.25, 0.3) is 0 Å². The van der Waals surface area contributed by atoms with Gasteiger partial charge in [-0.05, 0) is 31.9 Å². The van der Waals surface area contributed by atoms with E-state index in [1.165, 1.54) is 0 Å². The number of pyridine rings is 1. The molecule has 1 fully saturated rings. The summed E-state index contributed by atoms with van der Waals surface area (Å²) in [5.41, 5.74) is 0.542. The van der Waals surface area contributed by atoms with Crippen LogP contribution in [-0.2, 0) is 9.47 Å². The zero-order valence-electron chi connectivity index (χ0n) is 11.3. The third kappa shape index (κ3) is 3.67. The van der Waals surface area contributed by atoms with Gasteiger partial charge in [0.25, 0.3) is 0 Å². The lowest BCUT2D eigenvalue weighted by Gasteiger charge is -2.18.